The molecule has 2 aliphatic heterocycles. The van der Waals surface area contributed by atoms with Gasteiger partial charge in [0.25, 0.3) is 0 Å². The summed E-state index contributed by atoms with van der Waals surface area (Å²) in [5, 5.41) is 0. The highest BCUT2D eigenvalue weighted by molar-refractivity contribution is 5.37. The smallest absolute Gasteiger partial charge is 0.320 e. The number of ether oxygens (including phenoxy) is 2. The molecular weight excluding hydrogens is 196 g/mol. The van der Waals surface area contributed by atoms with Gasteiger partial charge in [-0.15, -0.1) is 0 Å². The highest BCUT2D eigenvalue weighted by Crippen LogP contribution is 2.38. The molecule has 1 aromatic heterocycles. The maximum atomic E-state index is 5.20. The van der Waals surface area contributed by atoms with E-state index in [9.17, 15) is 0 Å². The molecule has 0 bridgehead atoms. The first-order valence-corrected chi connectivity index (χ1v) is 4.87. The van der Waals surface area contributed by atoms with Crippen molar-refractivity contribution in [2.24, 2.45) is 5.41 Å². The van der Waals surface area contributed by atoms with Crippen molar-refractivity contribution < 1.29 is 9.47 Å². The van der Waals surface area contributed by atoms with E-state index >= 15 is 0 Å². The van der Waals surface area contributed by atoms with Crippen LogP contribution in [0.15, 0.2) is 6.33 Å². The Morgan fingerprint density at radius 3 is 2.80 bits per heavy atom. The first kappa shape index (κ1) is 8.84. The minimum absolute atomic E-state index is 0.366. The zero-order valence-electron chi connectivity index (χ0n) is 8.51. The number of anilines is 1. The molecule has 2 saturated heterocycles. The van der Waals surface area contributed by atoms with Crippen LogP contribution in [-0.4, -0.2) is 48.4 Å². The normalized spacial score (nSPS) is 22.1. The maximum absolute atomic E-state index is 5.20. The Morgan fingerprint density at radius 1 is 1.40 bits per heavy atom. The van der Waals surface area contributed by atoms with Crippen LogP contribution in [-0.2, 0) is 4.74 Å². The van der Waals surface area contributed by atoms with Crippen LogP contribution >= 0.6 is 0 Å². The summed E-state index contributed by atoms with van der Waals surface area (Å²) in [5.41, 5.74) is 0.375. The van der Waals surface area contributed by atoms with Crippen molar-refractivity contribution in [1.29, 1.82) is 0 Å². The van der Waals surface area contributed by atoms with E-state index in [0.29, 0.717) is 17.4 Å². The van der Waals surface area contributed by atoms with Gasteiger partial charge in [-0.1, -0.05) is 0 Å². The molecule has 6 heteroatoms. The van der Waals surface area contributed by atoms with E-state index in [0.717, 1.165) is 26.3 Å². The van der Waals surface area contributed by atoms with Crippen LogP contribution in [0.3, 0.4) is 0 Å². The third-order valence-electron chi connectivity index (χ3n) is 2.87. The Bertz CT molecular complexity index is 372. The van der Waals surface area contributed by atoms with Gasteiger partial charge in [0, 0.05) is 13.1 Å². The second kappa shape index (κ2) is 3.03. The molecular formula is C9H12N4O2. The summed E-state index contributed by atoms with van der Waals surface area (Å²) >= 11 is 0. The number of methoxy groups -OCH3 is 1. The summed E-state index contributed by atoms with van der Waals surface area (Å²) in [6.07, 6.45) is 1.48. The molecule has 0 aromatic carbocycles. The molecule has 0 saturated carbocycles. The summed E-state index contributed by atoms with van der Waals surface area (Å²) in [6.45, 7) is 3.68. The van der Waals surface area contributed by atoms with E-state index in [-0.39, 0.29) is 0 Å². The lowest BCUT2D eigenvalue weighted by molar-refractivity contribution is -0.127. The van der Waals surface area contributed by atoms with Gasteiger partial charge in [0.2, 0.25) is 5.95 Å². The Morgan fingerprint density at radius 2 is 2.20 bits per heavy atom. The van der Waals surface area contributed by atoms with Crippen LogP contribution in [0.2, 0.25) is 0 Å². The minimum atomic E-state index is 0.366. The first-order valence-electron chi connectivity index (χ1n) is 4.87. The molecule has 6 nitrogen and oxygen atoms in total. The van der Waals surface area contributed by atoms with Crippen molar-refractivity contribution in [2.75, 3.05) is 38.3 Å². The zero-order chi connectivity index (χ0) is 10.3. The third kappa shape index (κ3) is 1.32. The van der Waals surface area contributed by atoms with E-state index in [1.54, 1.807) is 7.11 Å². The molecule has 1 aromatic rings. The second-order valence-electron chi connectivity index (χ2n) is 4.12. The van der Waals surface area contributed by atoms with Crippen LogP contribution in [0, 0.1) is 5.41 Å². The van der Waals surface area contributed by atoms with Crippen molar-refractivity contribution in [1.82, 2.24) is 15.0 Å². The van der Waals surface area contributed by atoms with Gasteiger partial charge < -0.3 is 14.4 Å². The number of hydrogen-bond acceptors (Lipinski definition) is 6. The lowest BCUT2D eigenvalue weighted by atomic mass is 9.78. The maximum Gasteiger partial charge on any atom is 0.320 e. The van der Waals surface area contributed by atoms with Gasteiger partial charge in [-0.2, -0.15) is 9.97 Å². The second-order valence-corrected chi connectivity index (χ2v) is 4.12. The average molecular weight is 208 g/mol. The molecule has 0 N–H and O–H groups in total. The van der Waals surface area contributed by atoms with Gasteiger partial charge in [-0.05, 0) is 0 Å². The van der Waals surface area contributed by atoms with Gasteiger partial charge in [0.05, 0.1) is 25.7 Å². The molecule has 0 unspecified atom stereocenters. The lowest BCUT2D eigenvalue weighted by Crippen LogP contribution is -2.66. The van der Waals surface area contributed by atoms with Crippen LogP contribution < -0.4 is 9.64 Å². The fourth-order valence-corrected chi connectivity index (χ4v) is 2.00. The summed E-state index contributed by atoms with van der Waals surface area (Å²) < 4.78 is 10.2. The highest BCUT2D eigenvalue weighted by Gasteiger charge is 2.49. The van der Waals surface area contributed by atoms with Crippen LogP contribution in [0.25, 0.3) is 0 Å². The average Bonchev–Trinajstić information content (AvgIpc) is 2.14. The van der Waals surface area contributed by atoms with Gasteiger partial charge in [-0.3, -0.25) is 0 Å². The molecule has 1 spiro atoms. The standard InChI is InChI=1S/C9H12N4O2/c1-14-8-11-6-10-7(12-8)13-2-9(3-13)4-15-5-9/h6H,2-5H2,1H3. The molecule has 3 rings (SSSR count). The minimum Gasteiger partial charge on any atom is -0.467 e. The highest BCUT2D eigenvalue weighted by atomic mass is 16.5. The summed E-state index contributed by atoms with van der Waals surface area (Å²) in [5.74, 6) is 0.694. The number of nitrogens with zero attached hydrogens (tertiary/aromatic N) is 4. The summed E-state index contributed by atoms with van der Waals surface area (Å²) in [4.78, 5) is 14.3. The number of rotatable bonds is 2. The predicted octanol–water partition coefficient (Wildman–Crippen LogP) is -0.283. The Labute approximate surface area is 87.3 Å². The summed E-state index contributed by atoms with van der Waals surface area (Å²) in [6, 6.07) is 0.366. The molecule has 0 atom stereocenters. The zero-order valence-corrected chi connectivity index (χ0v) is 8.51. The van der Waals surface area contributed by atoms with E-state index in [2.05, 4.69) is 19.9 Å². The number of hydrogen-bond donors (Lipinski definition) is 0. The quantitative estimate of drug-likeness (QED) is 0.666. The van der Waals surface area contributed by atoms with E-state index in [4.69, 9.17) is 9.47 Å². The summed E-state index contributed by atoms with van der Waals surface area (Å²) in [7, 11) is 1.55. The van der Waals surface area contributed by atoms with Crippen molar-refractivity contribution in [3.05, 3.63) is 6.33 Å². The Hall–Kier alpha value is -1.43. The topological polar surface area (TPSA) is 60.4 Å². The van der Waals surface area contributed by atoms with Crippen molar-refractivity contribution in [3.8, 4) is 6.01 Å². The SMILES string of the molecule is COc1ncnc(N2CC3(COC3)C2)n1. The van der Waals surface area contributed by atoms with Crippen LogP contribution in [0.4, 0.5) is 5.95 Å². The molecule has 0 amide bonds. The van der Waals surface area contributed by atoms with Crippen molar-refractivity contribution >= 4 is 5.95 Å². The van der Waals surface area contributed by atoms with E-state index in [1.807, 2.05) is 0 Å². The molecule has 0 radical (unpaired) electrons. The van der Waals surface area contributed by atoms with Crippen LogP contribution in [0.5, 0.6) is 6.01 Å². The van der Waals surface area contributed by atoms with Crippen molar-refractivity contribution in [2.45, 2.75) is 0 Å². The largest absolute Gasteiger partial charge is 0.467 e. The van der Waals surface area contributed by atoms with Gasteiger partial charge in [0.15, 0.2) is 0 Å². The van der Waals surface area contributed by atoms with E-state index in [1.165, 1.54) is 6.33 Å². The monoisotopic (exact) mass is 208 g/mol. The molecule has 2 aliphatic rings. The number of aromatic nitrogens is 3. The van der Waals surface area contributed by atoms with Gasteiger partial charge in [-0.25, -0.2) is 4.98 Å². The van der Waals surface area contributed by atoms with Gasteiger partial charge in [0.1, 0.15) is 6.33 Å². The molecule has 15 heavy (non-hydrogen) atoms. The predicted molar refractivity (Wildman–Crippen MR) is 51.8 cm³/mol. The Balaban J connectivity index is 1.72. The van der Waals surface area contributed by atoms with Crippen molar-refractivity contribution in [3.63, 3.8) is 0 Å². The molecule has 80 valence electrons. The van der Waals surface area contributed by atoms with E-state index < -0.39 is 0 Å². The molecule has 3 heterocycles. The Kier molecular flexibility index (Phi) is 1.79. The lowest BCUT2D eigenvalue weighted by Gasteiger charge is -2.54. The first-order chi connectivity index (χ1) is 7.31. The van der Waals surface area contributed by atoms with Gasteiger partial charge >= 0.3 is 6.01 Å². The fourth-order valence-electron chi connectivity index (χ4n) is 2.00. The molecule has 0 aliphatic carbocycles. The van der Waals surface area contributed by atoms with Crippen LogP contribution in [0.1, 0.15) is 0 Å². The fraction of sp³-hybridized carbons (Fsp3) is 0.667. The molecule has 2 fully saturated rings. The third-order valence-corrected chi connectivity index (χ3v) is 2.87.